The van der Waals surface area contributed by atoms with E-state index in [1.54, 1.807) is 34.6 Å². The van der Waals surface area contributed by atoms with Crippen LogP contribution in [0.3, 0.4) is 0 Å². The molecule has 3 amide bonds. The molecule has 0 spiro atoms. The van der Waals surface area contributed by atoms with Crippen LogP contribution >= 0.6 is 11.3 Å². The molecule has 0 saturated carbocycles. The number of carbonyl (C=O) groups is 3. The maximum absolute atomic E-state index is 12.8. The lowest BCUT2D eigenvalue weighted by Crippen LogP contribution is -2.56. The lowest BCUT2D eigenvalue weighted by Gasteiger charge is -2.28. The highest BCUT2D eigenvalue weighted by molar-refractivity contribution is 7.09. The van der Waals surface area contributed by atoms with Crippen molar-refractivity contribution < 1.29 is 23.9 Å². The van der Waals surface area contributed by atoms with E-state index in [-0.39, 0.29) is 18.4 Å². The lowest BCUT2D eigenvalue weighted by atomic mass is 10.1. The van der Waals surface area contributed by atoms with Gasteiger partial charge in [-0.3, -0.25) is 0 Å². The largest absolute Gasteiger partial charge is 0.467 e. The number of aromatic nitrogens is 1. The minimum atomic E-state index is -0.864. The summed E-state index contributed by atoms with van der Waals surface area (Å²) in [6, 6.07) is -1.53. The van der Waals surface area contributed by atoms with Crippen molar-refractivity contribution in [2.24, 2.45) is 5.92 Å². The molecule has 29 heavy (non-hydrogen) atoms. The second kappa shape index (κ2) is 10.4. The highest BCUT2D eigenvalue weighted by Gasteiger charge is 2.29. The number of nitrogens with one attached hydrogen (secondary N) is 2. The highest BCUT2D eigenvalue weighted by Crippen LogP contribution is 2.20. The zero-order valence-corrected chi connectivity index (χ0v) is 19.2. The number of amides is 3. The Labute approximate surface area is 176 Å². The Morgan fingerprint density at radius 1 is 1.21 bits per heavy atom. The number of thiazole rings is 1. The Morgan fingerprint density at radius 2 is 1.83 bits per heavy atom. The summed E-state index contributed by atoms with van der Waals surface area (Å²) in [5, 5.41) is 6.40. The van der Waals surface area contributed by atoms with Crippen LogP contribution in [0.5, 0.6) is 0 Å². The molecule has 0 bridgehead atoms. The van der Waals surface area contributed by atoms with E-state index in [4.69, 9.17) is 9.47 Å². The zero-order valence-electron chi connectivity index (χ0n) is 18.4. The molecule has 1 atom stereocenters. The fraction of sp³-hybridized carbons (Fsp3) is 0.684. The molecule has 0 fully saturated rings. The predicted octanol–water partition coefficient (Wildman–Crippen LogP) is 3.42. The molecule has 1 aromatic rings. The van der Waals surface area contributed by atoms with E-state index in [1.165, 1.54) is 18.4 Å². The number of rotatable bonds is 6. The first-order valence-corrected chi connectivity index (χ1v) is 10.3. The van der Waals surface area contributed by atoms with Gasteiger partial charge in [0.2, 0.25) is 0 Å². The SMILES string of the molecule is COC(=O)[C@@H](NC(=O)N(Cc1csc(C(C)C)n1)NC(=O)OC(C)(C)C)C(C)C. The lowest BCUT2D eigenvalue weighted by molar-refractivity contribution is -0.144. The van der Waals surface area contributed by atoms with Gasteiger partial charge in [-0.2, -0.15) is 0 Å². The first-order chi connectivity index (χ1) is 13.3. The van der Waals surface area contributed by atoms with Crippen molar-refractivity contribution >= 4 is 29.4 Å². The van der Waals surface area contributed by atoms with Crippen molar-refractivity contribution in [2.45, 2.75) is 72.6 Å². The standard InChI is InChI=1S/C19H32N4O5S/c1-11(2)14(16(24)27-8)21-17(25)23(22-18(26)28-19(5,6)7)9-13-10-29-15(20-13)12(3)4/h10-12,14H,9H2,1-8H3,(H,21,25)(H,22,26)/t14-/m0/s1. The van der Waals surface area contributed by atoms with Crippen molar-refractivity contribution in [2.75, 3.05) is 7.11 Å². The van der Waals surface area contributed by atoms with Gasteiger partial charge < -0.3 is 14.8 Å². The predicted molar refractivity (Wildman–Crippen MR) is 110 cm³/mol. The maximum Gasteiger partial charge on any atom is 0.426 e. The smallest absolute Gasteiger partial charge is 0.426 e. The molecule has 0 saturated heterocycles. The molecule has 0 unspecified atom stereocenters. The molecule has 164 valence electrons. The molecule has 0 aromatic carbocycles. The number of urea groups is 1. The fourth-order valence-corrected chi connectivity index (χ4v) is 3.06. The van der Waals surface area contributed by atoms with E-state index < -0.39 is 29.7 Å². The third-order valence-corrected chi connectivity index (χ3v) is 4.85. The minimum absolute atomic E-state index is 0.0142. The van der Waals surface area contributed by atoms with Gasteiger partial charge in [-0.25, -0.2) is 29.8 Å². The van der Waals surface area contributed by atoms with E-state index in [9.17, 15) is 14.4 Å². The first-order valence-electron chi connectivity index (χ1n) is 9.43. The quantitative estimate of drug-likeness (QED) is 0.531. The average Bonchev–Trinajstić information content (AvgIpc) is 3.05. The van der Waals surface area contributed by atoms with Crippen LogP contribution in [0, 0.1) is 5.92 Å². The van der Waals surface area contributed by atoms with Crippen molar-refractivity contribution in [1.82, 2.24) is 20.7 Å². The van der Waals surface area contributed by atoms with Crippen LogP contribution < -0.4 is 10.7 Å². The zero-order chi connectivity index (χ0) is 22.4. The van der Waals surface area contributed by atoms with Crippen molar-refractivity contribution in [3.8, 4) is 0 Å². The van der Waals surface area contributed by atoms with Gasteiger partial charge in [-0.05, 0) is 26.7 Å². The van der Waals surface area contributed by atoms with Crippen LogP contribution in [0.15, 0.2) is 5.38 Å². The molecule has 1 aromatic heterocycles. The van der Waals surface area contributed by atoms with E-state index in [0.29, 0.717) is 5.69 Å². The summed E-state index contributed by atoms with van der Waals surface area (Å²) in [7, 11) is 1.25. The van der Waals surface area contributed by atoms with Gasteiger partial charge >= 0.3 is 18.1 Å². The Bertz CT molecular complexity index is 712. The average molecular weight is 429 g/mol. The molecule has 1 heterocycles. The Balaban J connectivity index is 3.02. The van der Waals surface area contributed by atoms with Gasteiger partial charge in [0, 0.05) is 11.3 Å². The Morgan fingerprint density at radius 3 is 2.28 bits per heavy atom. The summed E-state index contributed by atoms with van der Waals surface area (Å²) in [4.78, 5) is 41.5. The topological polar surface area (TPSA) is 110 Å². The Kier molecular flexibility index (Phi) is 8.87. The second-order valence-electron chi connectivity index (χ2n) is 8.23. The molecule has 0 aliphatic carbocycles. The monoisotopic (exact) mass is 428 g/mol. The molecular weight excluding hydrogens is 396 g/mol. The summed E-state index contributed by atoms with van der Waals surface area (Å²) in [5.74, 6) is -0.526. The summed E-state index contributed by atoms with van der Waals surface area (Å²) in [6.45, 7) is 12.8. The van der Waals surface area contributed by atoms with Gasteiger partial charge in [0.15, 0.2) is 0 Å². The molecule has 9 nitrogen and oxygen atoms in total. The second-order valence-corrected chi connectivity index (χ2v) is 9.12. The van der Waals surface area contributed by atoms with Crippen LogP contribution in [0.4, 0.5) is 9.59 Å². The van der Waals surface area contributed by atoms with Crippen LogP contribution in [-0.2, 0) is 20.8 Å². The van der Waals surface area contributed by atoms with Crippen molar-refractivity contribution in [1.29, 1.82) is 0 Å². The van der Waals surface area contributed by atoms with Gasteiger partial charge in [-0.1, -0.05) is 27.7 Å². The van der Waals surface area contributed by atoms with E-state index >= 15 is 0 Å². The van der Waals surface area contributed by atoms with Crippen LogP contribution in [0.1, 0.15) is 65.1 Å². The number of hydrogen-bond acceptors (Lipinski definition) is 7. The fourth-order valence-electron chi connectivity index (χ4n) is 2.23. The van der Waals surface area contributed by atoms with Gasteiger partial charge in [0.1, 0.15) is 11.6 Å². The number of ether oxygens (including phenoxy) is 2. The maximum atomic E-state index is 12.8. The number of hydrazine groups is 1. The van der Waals surface area contributed by atoms with E-state index in [0.717, 1.165) is 10.0 Å². The van der Waals surface area contributed by atoms with E-state index in [1.807, 2.05) is 19.2 Å². The summed E-state index contributed by atoms with van der Waals surface area (Å²) >= 11 is 1.48. The third kappa shape index (κ3) is 8.26. The Hall–Kier alpha value is -2.36. The molecule has 0 aliphatic rings. The summed E-state index contributed by atoms with van der Waals surface area (Å²) in [6.07, 6.45) is -0.786. The van der Waals surface area contributed by atoms with Crippen LogP contribution in [0.2, 0.25) is 0 Å². The number of carbonyl (C=O) groups excluding carboxylic acids is 3. The molecule has 0 aliphatic heterocycles. The summed E-state index contributed by atoms with van der Waals surface area (Å²) < 4.78 is 9.99. The summed E-state index contributed by atoms with van der Waals surface area (Å²) in [5.41, 5.74) is 2.32. The normalized spacial score (nSPS) is 12.5. The van der Waals surface area contributed by atoms with E-state index in [2.05, 4.69) is 15.7 Å². The number of nitrogens with zero attached hydrogens (tertiary/aromatic N) is 2. The number of hydrogen-bond donors (Lipinski definition) is 2. The number of esters is 1. The highest BCUT2D eigenvalue weighted by atomic mass is 32.1. The van der Waals surface area contributed by atoms with Gasteiger partial charge in [-0.15, -0.1) is 11.3 Å². The molecule has 0 radical (unpaired) electrons. The molecule has 1 rings (SSSR count). The third-order valence-electron chi connectivity index (χ3n) is 3.65. The van der Waals surface area contributed by atoms with Gasteiger partial charge in [0.25, 0.3) is 0 Å². The van der Waals surface area contributed by atoms with Crippen LogP contribution in [-0.4, -0.2) is 46.8 Å². The molecule has 10 heteroatoms. The van der Waals surface area contributed by atoms with Gasteiger partial charge in [0.05, 0.1) is 24.4 Å². The minimum Gasteiger partial charge on any atom is -0.467 e. The van der Waals surface area contributed by atoms with Crippen molar-refractivity contribution in [3.05, 3.63) is 16.1 Å². The number of methoxy groups -OCH3 is 1. The van der Waals surface area contributed by atoms with Crippen LogP contribution in [0.25, 0.3) is 0 Å². The molecule has 2 N–H and O–H groups in total. The first kappa shape index (κ1) is 24.7. The van der Waals surface area contributed by atoms with Crippen molar-refractivity contribution in [3.63, 3.8) is 0 Å². The molecular formula is C19H32N4O5S.